The van der Waals surface area contributed by atoms with Gasteiger partial charge in [-0.05, 0) is 38.1 Å². The highest BCUT2D eigenvalue weighted by molar-refractivity contribution is 8.14. The molecule has 0 spiro atoms. The van der Waals surface area contributed by atoms with Crippen LogP contribution in [-0.4, -0.2) is 53.5 Å². The summed E-state index contributed by atoms with van der Waals surface area (Å²) in [6, 6.07) is 0.373. The molecule has 3 fully saturated rings. The van der Waals surface area contributed by atoms with Crippen LogP contribution in [0.4, 0.5) is 4.79 Å². The van der Waals surface area contributed by atoms with Gasteiger partial charge in [-0.15, -0.1) is 0 Å². The SMILES string of the molecule is O=C1NC(C(=O)N2CCC(C3CCCN3)CC2)CS1. The standard InChI is InChI=1S/C13H21N3O2S/c17-12(11-8-19-13(18)15-11)16-6-3-9(4-7-16)10-2-1-5-14-10/h9-11,14H,1-8H2,(H,15,18). The Bertz CT molecular complexity index is 363. The van der Waals surface area contributed by atoms with Gasteiger partial charge < -0.3 is 15.5 Å². The Morgan fingerprint density at radius 3 is 2.63 bits per heavy atom. The third kappa shape index (κ3) is 2.89. The van der Waals surface area contributed by atoms with E-state index in [1.54, 1.807) is 0 Å². The highest BCUT2D eigenvalue weighted by atomic mass is 32.2. The van der Waals surface area contributed by atoms with Gasteiger partial charge in [-0.25, -0.2) is 0 Å². The van der Waals surface area contributed by atoms with Crippen molar-refractivity contribution in [2.24, 2.45) is 5.92 Å². The summed E-state index contributed by atoms with van der Waals surface area (Å²) in [5.41, 5.74) is 0. The Labute approximate surface area is 117 Å². The van der Waals surface area contributed by atoms with E-state index in [2.05, 4.69) is 10.6 Å². The predicted molar refractivity (Wildman–Crippen MR) is 75.1 cm³/mol. The van der Waals surface area contributed by atoms with E-state index in [1.807, 2.05) is 4.90 Å². The summed E-state index contributed by atoms with van der Waals surface area (Å²) in [7, 11) is 0. The number of nitrogens with zero attached hydrogens (tertiary/aromatic N) is 1. The van der Waals surface area contributed by atoms with Crippen molar-refractivity contribution in [2.75, 3.05) is 25.4 Å². The quantitative estimate of drug-likeness (QED) is 0.787. The summed E-state index contributed by atoms with van der Waals surface area (Å²) in [6.07, 6.45) is 4.76. The minimum Gasteiger partial charge on any atom is -0.341 e. The number of hydrogen-bond acceptors (Lipinski definition) is 4. The lowest BCUT2D eigenvalue weighted by molar-refractivity contribution is -0.134. The molecule has 5 nitrogen and oxygen atoms in total. The minimum absolute atomic E-state index is 0.0663. The number of amides is 2. The van der Waals surface area contributed by atoms with Crippen molar-refractivity contribution in [3.8, 4) is 0 Å². The zero-order chi connectivity index (χ0) is 13.2. The van der Waals surface area contributed by atoms with Gasteiger partial charge in [0.15, 0.2) is 0 Å². The normalized spacial score (nSPS) is 32.6. The molecule has 3 heterocycles. The van der Waals surface area contributed by atoms with Crippen molar-refractivity contribution >= 4 is 22.9 Å². The number of carbonyl (C=O) groups excluding carboxylic acids is 2. The molecule has 0 saturated carbocycles. The summed E-state index contributed by atoms with van der Waals surface area (Å²) < 4.78 is 0. The van der Waals surface area contributed by atoms with Gasteiger partial charge in [0.2, 0.25) is 5.91 Å². The highest BCUT2D eigenvalue weighted by Gasteiger charge is 2.35. The molecule has 3 saturated heterocycles. The molecular formula is C13H21N3O2S. The van der Waals surface area contributed by atoms with E-state index in [0.29, 0.717) is 11.8 Å². The number of rotatable bonds is 2. The summed E-state index contributed by atoms with van der Waals surface area (Å²) in [4.78, 5) is 25.3. The third-order valence-corrected chi connectivity index (χ3v) is 5.37. The second-order valence-electron chi connectivity index (χ2n) is 5.66. The van der Waals surface area contributed by atoms with Crippen molar-refractivity contribution in [1.82, 2.24) is 15.5 Å². The molecule has 2 amide bonds. The van der Waals surface area contributed by atoms with Crippen LogP contribution >= 0.6 is 11.8 Å². The fraction of sp³-hybridized carbons (Fsp3) is 0.846. The van der Waals surface area contributed by atoms with Crippen molar-refractivity contribution in [3.05, 3.63) is 0 Å². The van der Waals surface area contributed by atoms with Crippen LogP contribution in [0.25, 0.3) is 0 Å². The number of carbonyl (C=O) groups is 2. The summed E-state index contributed by atoms with van der Waals surface area (Å²) in [5, 5.41) is 6.24. The molecule has 6 heteroatoms. The van der Waals surface area contributed by atoms with Gasteiger partial charge in [0.1, 0.15) is 6.04 Å². The first kappa shape index (κ1) is 13.2. The van der Waals surface area contributed by atoms with E-state index in [4.69, 9.17) is 0 Å². The van der Waals surface area contributed by atoms with Crippen molar-refractivity contribution in [3.63, 3.8) is 0 Å². The molecule has 19 heavy (non-hydrogen) atoms. The third-order valence-electron chi connectivity index (χ3n) is 4.49. The largest absolute Gasteiger partial charge is 0.341 e. The first-order valence-electron chi connectivity index (χ1n) is 7.19. The molecule has 0 aromatic rings. The Kier molecular flexibility index (Phi) is 3.98. The van der Waals surface area contributed by atoms with Crippen LogP contribution in [0.15, 0.2) is 0 Å². The van der Waals surface area contributed by atoms with Gasteiger partial charge in [0.05, 0.1) is 0 Å². The lowest BCUT2D eigenvalue weighted by Crippen LogP contribution is -2.50. The van der Waals surface area contributed by atoms with E-state index < -0.39 is 0 Å². The summed E-state index contributed by atoms with van der Waals surface area (Å²) in [5.74, 6) is 1.41. The number of nitrogens with one attached hydrogen (secondary N) is 2. The molecule has 0 bridgehead atoms. The maximum absolute atomic E-state index is 12.3. The number of likely N-dealkylation sites (tertiary alicyclic amines) is 1. The molecule has 0 aromatic carbocycles. The smallest absolute Gasteiger partial charge is 0.279 e. The molecule has 0 aliphatic carbocycles. The first-order chi connectivity index (χ1) is 9.24. The second kappa shape index (κ2) is 5.71. The average molecular weight is 283 g/mol. The van der Waals surface area contributed by atoms with Crippen LogP contribution < -0.4 is 10.6 Å². The van der Waals surface area contributed by atoms with Gasteiger partial charge >= 0.3 is 0 Å². The maximum atomic E-state index is 12.3. The Morgan fingerprint density at radius 1 is 1.26 bits per heavy atom. The molecule has 2 N–H and O–H groups in total. The van der Waals surface area contributed by atoms with Crippen LogP contribution in [0.3, 0.4) is 0 Å². The molecule has 2 unspecified atom stereocenters. The monoisotopic (exact) mass is 283 g/mol. The maximum Gasteiger partial charge on any atom is 0.279 e. The number of hydrogen-bond donors (Lipinski definition) is 2. The van der Waals surface area contributed by atoms with E-state index in [9.17, 15) is 9.59 Å². The second-order valence-corrected chi connectivity index (χ2v) is 6.65. The van der Waals surface area contributed by atoms with Crippen LogP contribution in [0, 0.1) is 5.92 Å². The number of thioether (sulfide) groups is 1. The molecule has 3 rings (SSSR count). The Balaban J connectivity index is 1.49. The van der Waals surface area contributed by atoms with Gasteiger partial charge in [-0.2, -0.15) is 0 Å². The topological polar surface area (TPSA) is 61.4 Å². The van der Waals surface area contributed by atoms with Crippen molar-refractivity contribution in [2.45, 2.75) is 37.8 Å². The fourth-order valence-electron chi connectivity index (χ4n) is 3.37. The van der Waals surface area contributed by atoms with E-state index in [-0.39, 0.29) is 17.2 Å². The van der Waals surface area contributed by atoms with Gasteiger partial charge in [0.25, 0.3) is 5.24 Å². The predicted octanol–water partition coefficient (Wildman–Crippen LogP) is 0.802. The Hall–Kier alpha value is -0.750. The number of piperidine rings is 1. The van der Waals surface area contributed by atoms with Crippen LogP contribution in [0.5, 0.6) is 0 Å². The van der Waals surface area contributed by atoms with Crippen LogP contribution in [0.1, 0.15) is 25.7 Å². The minimum atomic E-state index is -0.293. The van der Waals surface area contributed by atoms with Crippen LogP contribution in [0.2, 0.25) is 0 Å². The summed E-state index contributed by atoms with van der Waals surface area (Å²) in [6.45, 7) is 2.84. The van der Waals surface area contributed by atoms with Gasteiger partial charge in [0, 0.05) is 24.9 Å². The Morgan fingerprint density at radius 2 is 2.05 bits per heavy atom. The molecule has 0 aromatic heterocycles. The lowest BCUT2D eigenvalue weighted by atomic mass is 9.88. The highest BCUT2D eigenvalue weighted by Crippen LogP contribution is 2.26. The fourth-order valence-corrected chi connectivity index (χ4v) is 4.14. The molecule has 3 aliphatic heterocycles. The van der Waals surface area contributed by atoms with Gasteiger partial charge in [-0.3, -0.25) is 9.59 Å². The molecule has 106 valence electrons. The molecular weight excluding hydrogens is 262 g/mol. The average Bonchev–Trinajstić information content (AvgIpc) is 3.09. The molecule has 0 radical (unpaired) electrons. The molecule has 2 atom stereocenters. The lowest BCUT2D eigenvalue weighted by Gasteiger charge is -2.35. The van der Waals surface area contributed by atoms with E-state index in [0.717, 1.165) is 38.4 Å². The van der Waals surface area contributed by atoms with E-state index >= 15 is 0 Å². The molecule has 3 aliphatic rings. The summed E-state index contributed by atoms with van der Waals surface area (Å²) >= 11 is 1.21. The first-order valence-corrected chi connectivity index (χ1v) is 8.18. The zero-order valence-corrected chi connectivity index (χ0v) is 11.9. The zero-order valence-electron chi connectivity index (χ0n) is 11.1. The van der Waals surface area contributed by atoms with Crippen LogP contribution in [-0.2, 0) is 4.79 Å². The van der Waals surface area contributed by atoms with Gasteiger partial charge in [-0.1, -0.05) is 11.8 Å². The van der Waals surface area contributed by atoms with Crippen molar-refractivity contribution in [1.29, 1.82) is 0 Å². The van der Waals surface area contributed by atoms with Crippen molar-refractivity contribution < 1.29 is 9.59 Å². The van der Waals surface area contributed by atoms with E-state index in [1.165, 1.54) is 24.6 Å².